The van der Waals surface area contributed by atoms with Crippen LogP contribution in [0.2, 0.25) is 0 Å². The topological polar surface area (TPSA) is 71.3 Å². The van der Waals surface area contributed by atoms with E-state index in [-0.39, 0.29) is 11.7 Å². The number of hydrogen-bond donors (Lipinski definition) is 1. The average molecular weight is 336 g/mol. The van der Waals surface area contributed by atoms with Crippen LogP contribution in [0.4, 0.5) is 0 Å². The van der Waals surface area contributed by atoms with Crippen molar-refractivity contribution in [2.45, 2.75) is 18.9 Å². The number of rotatable bonds is 5. The lowest BCUT2D eigenvalue weighted by Gasteiger charge is -2.11. The third kappa shape index (κ3) is 3.81. The Morgan fingerprint density at radius 3 is 2.96 bits per heavy atom. The lowest BCUT2D eigenvalue weighted by atomic mass is 10.0. The third-order valence-corrected chi connectivity index (χ3v) is 4.32. The number of carbonyl (C=O) groups is 1. The van der Waals surface area contributed by atoms with E-state index in [0.717, 1.165) is 35.8 Å². The smallest absolute Gasteiger partial charge is 0.262 e. The van der Waals surface area contributed by atoms with Crippen LogP contribution in [0, 0.1) is 11.3 Å². The zero-order chi connectivity index (χ0) is 17.6. The highest BCUT2D eigenvalue weighted by molar-refractivity contribution is 6.05. The van der Waals surface area contributed by atoms with Crippen molar-refractivity contribution in [2.24, 2.45) is 0 Å². The van der Waals surface area contributed by atoms with Gasteiger partial charge in [0, 0.05) is 18.7 Å². The highest BCUT2D eigenvalue weighted by Crippen LogP contribution is 2.30. The summed E-state index contributed by atoms with van der Waals surface area (Å²) >= 11 is 0. The maximum Gasteiger partial charge on any atom is 0.262 e. The minimum atomic E-state index is -0.395. The van der Waals surface area contributed by atoms with E-state index in [0.29, 0.717) is 12.3 Å². The normalized spacial score (nSPS) is 17.3. The number of amides is 1. The largest absolute Gasteiger partial charge is 0.496 e. The van der Waals surface area contributed by atoms with Gasteiger partial charge in [0.05, 0.1) is 13.2 Å². The van der Waals surface area contributed by atoms with Crippen molar-refractivity contribution >= 4 is 22.8 Å². The molecule has 25 heavy (non-hydrogen) atoms. The second kappa shape index (κ2) is 7.82. The van der Waals surface area contributed by atoms with Crippen LogP contribution in [0.1, 0.15) is 18.4 Å². The molecule has 1 amide bonds. The van der Waals surface area contributed by atoms with Crippen molar-refractivity contribution in [2.75, 3.05) is 20.3 Å². The fourth-order valence-corrected chi connectivity index (χ4v) is 3.00. The highest BCUT2D eigenvalue weighted by Gasteiger charge is 2.18. The Bertz CT molecular complexity index is 846. The molecule has 1 N–H and O–H groups in total. The van der Waals surface area contributed by atoms with Crippen LogP contribution in [0.5, 0.6) is 5.75 Å². The minimum Gasteiger partial charge on any atom is -0.496 e. The maximum atomic E-state index is 12.4. The van der Waals surface area contributed by atoms with E-state index in [1.165, 1.54) is 0 Å². The quantitative estimate of drug-likeness (QED) is 0.673. The van der Waals surface area contributed by atoms with Gasteiger partial charge in [-0.2, -0.15) is 5.26 Å². The number of methoxy groups -OCH3 is 1. The van der Waals surface area contributed by atoms with Gasteiger partial charge in [-0.1, -0.05) is 30.3 Å². The molecule has 3 rings (SSSR count). The summed E-state index contributed by atoms with van der Waals surface area (Å²) < 4.78 is 10.9. The van der Waals surface area contributed by atoms with Crippen LogP contribution in [0.3, 0.4) is 0 Å². The number of hydrogen-bond acceptors (Lipinski definition) is 4. The Balaban J connectivity index is 1.89. The van der Waals surface area contributed by atoms with Crippen LogP contribution in [0.15, 0.2) is 42.0 Å². The first-order chi connectivity index (χ1) is 12.2. The van der Waals surface area contributed by atoms with Gasteiger partial charge in [0.25, 0.3) is 5.91 Å². The zero-order valence-corrected chi connectivity index (χ0v) is 14.1. The van der Waals surface area contributed by atoms with Gasteiger partial charge in [0.15, 0.2) is 0 Å². The first-order valence-electron chi connectivity index (χ1n) is 8.30. The summed E-state index contributed by atoms with van der Waals surface area (Å²) in [5, 5.41) is 14.2. The van der Waals surface area contributed by atoms with Gasteiger partial charge in [-0.3, -0.25) is 4.79 Å². The maximum absolute atomic E-state index is 12.4. The summed E-state index contributed by atoms with van der Waals surface area (Å²) in [5.74, 6) is 0.228. The summed E-state index contributed by atoms with van der Waals surface area (Å²) in [4.78, 5) is 12.4. The molecule has 1 heterocycles. The molecule has 2 aromatic rings. The zero-order valence-electron chi connectivity index (χ0n) is 14.1. The molecule has 0 aliphatic carbocycles. The second-order valence-electron chi connectivity index (χ2n) is 5.92. The number of carbonyl (C=O) groups excluding carboxylic acids is 1. The molecule has 2 aromatic carbocycles. The van der Waals surface area contributed by atoms with Gasteiger partial charge in [0.1, 0.15) is 17.4 Å². The van der Waals surface area contributed by atoms with Crippen LogP contribution >= 0.6 is 0 Å². The molecular weight excluding hydrogens is 316 g/mol. The average Bonchev–Trinajstić information content (AvgIpc) is 3.17. The number of fused-ring (bicyclic) bond motifs is 1. The molecule has 0 unspecified atom stereocenters. The van der Waals surface area contributed by atoms with E-state index in [9.17, 15) is 10.1 Å². The third-order valence-electron chi connectivity index (χ3n) is 4.32. The van der Waals surface area contributed by atoms with Crippen molar-refractivity contribution < 1.29 is 14.3 Å². The lowest BCUT2D eigenvalue weighted by molar-refractivity contribution is -0.117. The molecule has 128 valence electrons. The molecule has 0 spiro atoms. The van der Waals surface area contributed by atoms with Crippen LogP contribution in [-0.4, -0.2) is 32.3 Å². The molecule has 5 heteroatoms. The van der Waals surface area contributed by atoms with Gasteiger partial charge in [0.2, 0.25) is 0 Å². The van der Waals surface area contributed by atoms with Crippen LogP contribution in [0.25, 0.3) is 16.8 Å². The molecule has 0 radical (unpaired) electrons. The first kappa shape index (κ1) is 17.0. The molecule has 1 fully saturated rings. The summed E-state index contributed by atoms with van der Waals surface area (Å²) in [6, 6.07) is 13.6. The van der Waals surface area contributed by atoms with Gasteiger partial charge < -0.3 is 14.8 Å². The molecule has 1 aliphatic heterocycles. The number of ether oxygens (including phenoxy) is 2. The number of nitriles is 1. The number of benzene rings is 2. The van der Waals surface area contributed by atoms with Crippen molar-refractivity contribution in [3.05, 3.63) is 47.5 Å². The molecule has 1 saturated heterocycles. The Morgan fingerprint density at radius 1 is 1.40 bits per heavy atom. The van der Waals surface area contributed by atoms with Gasteiger partial charge in [-0.15, -0.1) is 0 Å². The van der Waals surface area contributed by atoms with Crippen molar-refractivity contribution in [1.82, 2.24) is 5.32 Å². The first-order valence-corrected chi connectivity index (χ1v) is 8.30. The Hall–Kier alpha value is -2.84. The fourth-order valence-electron chi connectivity index (χ4n) is 3.00. The van der Waals surface area contributed by atoms with Crippen molar-refractivity contribution in [1.29, 1.82) is 5.26 Å². The summed E-state index contributed by atoms with van der Waals surface area (Å²) in [6.07, 6.45) is 3.57. The summed E-state index contributed by atoms with van der Waals surface area (Å²) in [6.45, 7) is 1.15. The molecule has 0 saturated carbocycles. The molecule has 0 aromatic heterocycles. The molecule has 1 aliphatic rings. The highest BCUT2D eigenvalue weighted by atomic mass is 16.5. The van der Waals surface area contributed by atoms with E-state index in [2.05, 4.69) is 5.32 Å². The Morgan fingerprint density at radius 2 is 2.24 bits per heavy atom. The van der Waals surface area contributed by atoms with E-state index in [1.807, 2.05) is 42.5 Å². The minimum absolute atomic E-state index is 0.0379. The van der Waals surface area contributed by atoms with E-state index >= 15 is 0 Å². The SMILES string of the molecule is COc1ccc2ccccc2c1/C=C(/C#N)C(=O)NC[C@H]1CCCO1. The molecule has 5 nitrogen and oxygen atoms in total. The summed E-state index contributed by atoms with van der Waals surface area (Å²) in [5.41, 5.74) is 0.775. The number of nitrogens with zero attached hydrogens (tertiary/aromatic N) is 1. The predicted octanol–water partition coefficient (Wildman–Crippen LogP) is 3.05. The standard InChI is InChI=1S/C20H20N2O3/c1-24-19-9-8-14-5-2-3-7-17(14)18(19)11-15(12-21)20(23)22-13-16-6-4-10-25-16/h2-3,5,7-9,11,16H,4,6,10,13H2,1H3,(H,22,23)/b15-11-/t16-/m1/s1. The molecule has 0 bridgehead atoms. The fraction of sp³-hybridized carbons (Fsp3) is 0.300. The monoisotopic (exact) mass is 336 g/mol. The Kier molecular flexibility index (Phi) is 5.32. The van der Waals surface area contributed by atoms with Crippen LogP contribution in [-0.2, 0) is 9.53 Å². The van der Waals surface area contributed by atoms with E-state index in [1.54, 1.807) is 13.2 Å². The van der Waals surface area contributed by atoms with E-state index < -0.39 is 5.91 Å². The van der Waals surface area contributed by atoms with Gasteiger partial charge >= 0.3 is 0 Å². The van der Waals surface area contributed by atoms with E-state index in [4.69, 9.17) is 9.47 Å². The molecular formula is C20H20N2O3. The van der Waals surface area contributed by atoms with Gasteiger partial charge in [-0.25, -0.2) is 0 Å². The predicted molar refractivity (Wildman–Crippen MR) is 96.1 cm³/mol. The Labute approximate surface area is 146 Å². The van der Waals surface area contributed by atoms with Gasteiger partial charge in [-0.05, 0) is 35.8 Å². The number of nitrogens with one attached hydrogen (secondary N) is 1. The van der Waals surface area contributed by atoms with Crippen molar-refractivity contribution in [3.8, 4) is 11.8 Å². The van der Waals surface area contributed by atoms with Crippen LogP contribution < -0.4 is 10.1 Å². The second-order valence-corrected chi connectivity index (χ2v) is 5.92. The molecule has 1 atom stereocenters. The summed E-state index contributed by atoms with van der Waals surface area (Å²) in [7, 11) is 1.57. The van der Waals surface area contributed by atoms with Crippen molar-refractivity contribution in [3.63, 3.8) is 0 Å². The lowest BCUT2D eigenvalue weighted by Crippen LogP contribution is -2.32.